The minimum absolute atomic E-state index is 0.734. The summed E-state index contributed by atoms with van der Waals surface area (Å²) in [6.45, 7) is 6.82. The fourth-order valence-corrected chi connectivity index (χ4v) is 1.96. The Morgan fingerprint density at radius 3 is 2.50 bits per heavy atom. The molecule has 1 rings (SSSR count). The molecule has 16 heavy (non-hydrogen) atoms. The quantitative estimate of drug-likeness (QED) is 0.545. The van der Waals surface area contributed by atoms with E-state index in [2.05, 4.69) is 44.5 Å². The van der Waals surface area contributed by atoms with Crippen molar-refractivity contribution in [2.24, 2.45) is 0 Å². The Hall–Kier alpha value is -0.420. The van der Waals surface area contributed by atoms with Crippen LogP contribution < -0.4 is 0 Å². The average molecular weight is 290 g/mol. The van der Waals surface area contributed by atoms with E-state index in [1.165, 1.54) is 0 Å². The number of hydrogen-bond acceptors (Lipinski definition) is 3. The van der Waals surface area contributed by atoms with Crippen molar-refractivity contribution >= 4 is 15.9 Å². The SMILES string of the molecule is CCCOCCc1nnc(CBr)n1CCC. The van der Waals surface area contributed by atoms with E-state index in [9.17, 15) is 0 Å². The molecule has 0 aliphatic heterocycles. The van der Waals surface area contributed by atoms with E-state index < -0.39 is 0 Å². The van der Waals surface area contributed by atoms with Gasteiger partial charge in [-0.25, -0.2) is 0 Å². The van der Waals surface area contributed by atoms with E-state index >= 15 is 0 Å². The van der Waals surface area contributed by atoms with Gasteiger partial charge in [0.15, 0.2) is 0 Å². The van der Waals surface area contributed by atoms with Crippen LogP contribution >= 0.6 is 15.9 Å². The Morgan fingerprint density at radius 1 is 1.12 bits per heavy atom. The number of halogens is 1. The lowest BCUT2D eigenvalue weighted by molar-refractivity contribution is 0.136. The lowest BCUT2D eigenvalue weighted by Crippen LogP contribution is -2.09. The molecule has 0 radical (unpaired) electrons. The molecule has 92 valence electrons. The summed E-state index contributed by atoms with van der Waals surface area (Å²) in [5.74, 6) is 2.04. The smallest absolute Gasteiger partial charge is 0.143 e. The molecule has 0 aliphatic rings. The van der Waals surface area contributed by atoms with Crippen molar-refractivity contribution < 1.29 is 4.74 Å². The molecule has 0 saturated carbocycles. The summed E-state index contributed by atoms with van der Waals surface area (Å²) in [7, 11) is 0. The van der Waals surface area contributed by atoms with Gasteiger partial charge >= 0.3 is 0 Å². The molecule has 1 heterocycles. The average Bonchev–Trinajstić information content (AvgIpc) is 2.68. The molecule has 5 heteroatoms. The predicted molar refractivity (Wildman–Crippen MR) is 67.8 cm³/mol. The van der Waals surface area contributed by atoms with Gasteiger partial charge in [-0.15, -0.1) is 10.2 Å². The van der Waals surface area contributed by atoms with E-state index in [-0.39, 0.29) is 0 Å². The molecule has 0 saturated heterocycles. The van der Waals surface area contributed by atoms with Crippen LogP contribution in [0.3, 0.4) is 0 Å². The van der Waals surface area contributed by atoms with Crippen molar-refractivity contribution in [3.05, 3.63) is 11.6 Å². The second kappa shape index (κ2) is 7.79. The molecular formula is C11H20BrN3O. The monoisotopic (exact) mass is 289 g/mol. The van der Waals surface area contributed by atoms with Crippen LogP contribution in [0.1, 0.15) is 38.3 Å². The molecule has 0 aliphatic carbocycles. The van der Waals surface area contributed by atoms with Crippen LogP contribution in [0.4, 0.5) is 0 Å². The fraction of sp³-hybridized carbons (Fsp3) is 0.818. The Labute approximate surface area is 106 Å². The number of alkyl halides is 1. The Morgan fingerprint density at radius 2 is 1.88 bits per heavy atom. The van der Waals surface area contributed by atoms with Crippen molar-refractivity contribution in [2.45, 2.75) is 45.0 Å². The summed E-state index contributed by atoms with van der Waals surface area (Å²) in [4.78, 5) is 0. The van der Waals surface area contributed by atoms with Gasteiger partial charge in [0.25, 0.3) is 0 Å². The van der Waals surface area contributed by atoms with Gasteiger partial charge in [0.2, 0.25) is 0 Å². The highest BCUT2D eigenvalue weighted by Gasteiger charge is 2.09. The Kier molecular flexibility index (Phi) is 6.64. The van der Waals surface area contributed by atoms with Crippen LogP contribution in [0.5, 0.6) is 0 Å². The van der Waals surface area contributed by atoms with E-state index in [1.807, 2.05) is 0 Å². The molecule has 1 aromatic heterocycles. The van der Waals surface area contributed by atoms with Crippen molar-refractivity contribution in [3.63, 3.8) is 0 Å². The van der Waals surface area contributed by atoms with E-state index in [1.54, 1.807) is 0 Å². The lowest BCUT2D eigenvalue weighted by atomic mass is 10.4. The van der Waals surface area contributed by atoms with Crippen LogP contribution in [0, 0.1) is 0 Å². The summed E-state index contributed by atoms with van der Waals surface area (Å²) in [5.41, 5.74) is 0. The van der Waals surface area contributed by atoms with E-state index in [0.29, 0.717) is 0 Å². The van der Waals surface area contributed by atoms with Gasteiger partial charge in [-0.1, -0.05) is 29.8 Å². The second-order valence-corrected chi connectivity index (χ2v) is 4.24. The molecule has 0 bridgehead atoms. The number of nitrogens with zero attached hydrogens (tertiary/aromatic N) is 3. The summed E-state index contributed by atoms with van der Waals surface area (Å²) in [6.07, 6.45) is 3.01. The highest BCUT2D eigenvalue weighted by molar-refractivity contribution is 9.08. The van der Waals surface area contributed by atoms with Crippen LogP contribution in [0.25, 0.3) is 0 Å². The third kappa shape index (κ3) is 3.87. The summed E-state index contributed by atoms with van der Waals surface area (Å²) >= 11 is 3.43. The molecule has 0 N–H and O–H groups in total. The van der Waals surface area contributed by atoms with Gasteiger partial charge in [0, 0.05) is 19.6 Å². The van der Waals surface area contributed by atoms with Crippen LogP contribution in [0.2, 0.25) is 0 Å². The fourth-order valence-electron chi connectivity index (χ4n) is 1.55. The van der Waals surface area contributed by atoms with Crippen molar-refractivity contribution in [1.29, 1.82) is 0 Å². The molecule has 0 amide bonds. The zero-order chi connectivity index (χ0) is 11.8. The Balaban J connectivity index is 2.53. The summed E-state index contributed by atoms with van der Waals surface area (Å²) in [6, 6.07) is 0. The first-order valence-electron chi connectivity index (χ1n) is 5.88. The molecule has 0 atom stereocenters. The van der Waals surface area contributed by atoms with Gasteiger partial charge < -0.3 is 9.30 Å². The molecule has 4 nitrogen and oxygen atoms in total. The van der Waals surface area contributed by atoms with Crippen LogP contribution in [0.15, 0.2) is 0 Å². The molecule has 0 aromatic carbocycles. The zero-order valence-corrected chi connectivity index (χ0v) is 11.7. The summed E-state index contributed by atoms with van der Waals surface area (Å²) in [5, 5.41) is 9.13. The van der Waals surface area contributed by atoms with Crippen molar-refractivity contribution in [3.8, 4) is 0 Å². The topological polar surface area (TPSA) is 39.9 Å². The van der Waals surface area contributed by atoms with Crippen LogP contribution in [-0.2, 0) is 23.0 Å². The molecule has 0 fully saturated rings. The third-order valence-corrected chi connectivity index (χ3v) is 2.79. The summed E-state index contributed by atoms with van der Waals surface area (Å²) < 4.78 is 7.65. The normalized spacial score (nSPS) is 10.9. The second-order valence-electron chi connectivity index (χ2n) is 3.68. The number of aromatic nitrogens is 3. The third-order valence-electron chi connectivity index (χ3n) is 2.29. The first-order valence-corrected chi connectivity index (χ1v) is 7.00. The van der Waals surface area contributed by atoms with Crippen LogP contribution in [-0.4, -0.2) is 28.0 Å². The molecular weight excluding hydrogens is 270 g/mol. The highest BCUT2D eigenvalue weighted by atomic mass is 79.9. The van der Waals surface area contributed by atoms with Gasteiger partial charge in [-0.3, -0.25) is 0 Å². The lowest BCUT2D eigenvalue weighted by Gasteiger charge is -2.07. The molecule has 1 aromatic rings. The van der Waals surface area contributed by atoms with Gasteiger partial charge in [-0.05, 0) is 12.8 Å². The highest BCUT2D eigenvalue weighted by Crippen LogP contribution is 2.08. The van der Waals surface area contributed by atoms with E-state index in [4.69, 9.17) is 4.74 Å². The number of ether oxygens (including phenoxy) is 1. The number of rotatable bonds is 8. The first-order chi connectivity index (χ1) is 7.83. The maximum atomic E-state index is 5.47. The largest absolute Gasteiger partial charge is 0.381 e. The predicted octanol–water partition coefficient (Wildman–Crippen LogP) is 2.55. The van der Waals surface area contributed by atoms with Gasteiger partial charge in [0.05, 0.1) is 11.9 Å². The first kappa shape index (κ1) is 13.6. The van der Waals surface area contributed by atoms with Gasteiger partial charge in [-0.2, -0.15) is 0 Å². The standard InChI is InChI=1S/C11H20BrN3O/c1-3-6-15-10(5-8-16-7-4-2)13-14-11(15)9-12/h3-9H2,1-2H3. The minimum Gasteiger partial charge on any atom is -0.381 e. The molecule has 0 spiro atoms. The number of hydrogen-bond donors (Lipinski definition) is 0. The molecule has 0 unspecified atom stereocenters. The van der Waals surface area contributed by atoms with Gasteiger partial charge in [0.1, 0.15) is 11.6 Å². The van der Waals surface area contributed by atoms with E-state index in [0.717, 1.165) is 56.0 Å². The minimum atomic E-state index is 0.734. The van der Waals surface area contributed by atoms with Crippen molar-refractivity contribution in [2.75, 3.05) is 13.2 Å². The zero-order valence-electron chi connectivity index (χ0n) is 10.1. The Bertz CT molecular complexity index is 301. The van der Waals surface area contributed by atoms with Crippen molar-refractivity contribution in [1.82, 2.24) is 14.8 Å². The maximum Gasteiger partial charge on any atom is 0.143 e. The maximum absolute atomic E-state index is 5.47.